The van der Waals surface area contributed by atoms with Crippen molar-refractivity contribution in [1.29, 1.82) is 0 Å². The molecule has 1 saturated heterocycles. The van der Waals surface area contributed by atoms with Crippen LogP contribution in [0.4, 0.5) is 4.79 Å². The molecule has 76 valence electrons. The number of nitrogens with zero attached hydrogens (tertiary/aromatic N) is 1. The molecule has 0 N–H and O–H groups in total. The smallest absolute Gasteiger partial charge is 0.409 e. The molecule has 1 rings (SSSR count). The van der Waals surface area contributed by atoms with Gasteiger partial charge in [-0.1, -0.05) is 20.8 Å². The molecule has 0 unspecified atom stereocenters. The van der Waals surface area contributed by atoms with Crippen molar-refractivity contribution in [2.24, 2.45) is 11.3 Å². The second kappa shape index (κ2) is 3.56. The maximum atomic E-state index is 11.0. The van der Waals surface area contributed by atoms with E-state index in [1.165, 1.54) is 13.5 Å². The Morgan fingerprint density at radius 2 is 2.00 bits per heavy atom. The van der Waals surface area contributed by atoms with Crippen LogP contribution in [0.15, 0.2) is 0 Å². The van der Waals surface area contributed by atoms with Crippen LogP contribution in [0.1, 0.15) is 27.2 Å². The van der Waals surface area contributed by atoms with Gasteiger partial charge in [-0.3, -0.25) is 0 Å². The first-order valence-electron chi connectivity index (χ1n) is 4.75. The van der Waals surface area contributed by atoms with Crippen LogP contribution < -0.4 is 0 Å². The number of likely N-dealkylation sites (tertiary alicyclic amines) is 1. The van der Waals surface area contributed by atoms with Gasteiger partial charge in [0.05, 0.1) is 7.11 Å². The highest BCUT2D eigenvalue weighted by Crippen LogP contribution is 2.30. The number of hydrogen-bond donors (Lipinski definition) is 0. The second-order valence-electron chi connectivity index (χ2n) is 5.01. The first-order valence-corrected chi connectivity index (χ1v) is 4.75. The summed E-state index contributed by atoms with van der Waals surface area (Å²) >= 11 is 0. The van der Waals surface area contributed by atoms with Crippen LogP contribution in [0.2, 0.25) is 0 Å². The highest BCUT2D eigenvalue weighted by Gasteiger charge is 2.33. The molecule has 3 heteroatoms. The molecule has 0 aromatic heterocycles. The quantitative estimate of drug-likeness (QED) is 0.626. The first kappa shape index (κ1) is 10.4. The molecule has 0 bridgehead atoms. The van der Waals surface area contributed by atoms with E-state index < -0.39 is 0 Å². The molecule has 0 saturated carbocycles. The third-order valence-electron chi connectivity index (χ3n) is 2.29. The van der Waals surface area contributed by atoms with Crippen molar-refractivity contribution in [3.8, 4) is 0 Å². The molecule has 0 atom stereocenters. The van der Waals surface area contributed by atoms with Crippen LogP contribution in [-0.4, -0.2) is 31.2 Å². The molecule has 0 spiro atoms. The number of rotatable bonds is 1. The molecule has 0 radical (unpaired) electrons. The monoisotopic (exact) mass is 185 g/mol. The fourth-order valence-corrected chi connectivity index (χ4v) is 1.84. The van der Waals surface area contributed by atoms with Gasteiger partial charge in [0, 0.05) is 13.1 Å². The van der Waals surface area contributed by atoms with Gasteiger partial charge in [0.15, 0.2) is 0 Å². The molecular formula is C10H19NO2. The Balaban J connectivity index is 2.22. The average Bonchev–Trinajstić information content (AvgIpc) is 1.92. The largest absolute Gasteiger partial charge is 0.453 e. The summed E-state index contributed by atoms with van der Waals surface area (Å²) in [5.41, 5.74) is 0.368. The molecule has 0 aromatic rings. The van der Waals surface area contributed by atoms with Gasteiger partial charge in [0.1, 0.15) is 0 Å². The van der Waals surface area contributed by atoms with Crippen LogP contribution in [0.25, 0.3) is 0 Å². The highest BCUT2D eigenvalue weighted by molar-refractivity contribution is 5.68. The van der Waals surface area contributed by atoms with Gasteiger partial charge in [0.2, 0.25) is 0 Å². The van der Waals surface area contributed by atoms with E-state index in [9.17, 15) is 4.79 Å². The van der Waals surface area contributed by atoms with Crippen molar-refractivity contribution in [1.82, 2.24) is 4.90 Å². The van der Waals surface area contributed by atoms with Crippen LogP contribution >= 0.6 is 0 Å². The molecule has 1 aliphatic rings. The maximum Gasteiger partial charge on any atom is 0.409 e. The summed E-state index contributed by atoms with van der Waals surface area (Å²) in [6.45, 7) is 8.42. The van der Waals surface area contributed by atoms with Crippen molar-refractivity contribution < 1.29 is 9.53 Å². The van der Waals surface area contributed by atoms with E-state index in [0.29, 0.717) is 11.3 Å². The zero-order valence-corrected chi connectivity index (χ0v) is 8.96. The minimum absolute atomic E-state index is 0.190. The summed E-state index contributed by atoms with van der Waals surface area (Å²) in [4.78, 5) is 12.8. The second-order valence-corrected chi connectivity index (χ2v) is 5.01. The Bertz CT molecular complexity index is 190. The molecule has 1 heterocycles. The van der Waals surface area contributed by atoms with Crippen LogP contribution in [0, 0.1) is 11.3 Å². The lowest BCUT2D eigenvalue weighted by molar-refractivity contribution is 0.0519. The third kappa shape index (κ3) is 2.90. The Hall–Kier alpha value is -0.730. The molecule has 13 heavy (non-hydrogen) atoms. The standard InChI is InChI=1S/C10H19NO2/c1-10(2,3)5-8-6-11(7-8)9(12)13-4/h8H,5-7H2,1-4H3. The molecule has 0 aliphatic carbocycles. The SMILES string of the molecule is COC(=O)N1CC(CC(C)(C)C)C1. The Morgan fingerprint density at radius 3 is 2.38 bits per heavy atom. The molecule has 1 aliphatic heterocycles. The Labute approximate surface area is 80.1 Å². The van der Waals surface area contributed by atoms with Gasteiger partial charge < -0.3 is 9.64 Å². The molecule has 0 aromatic carbocycles. The van der Waals surface area contributed by atoms with Crippen molar-refractivity contribution in [2.75, 3.05) is 20.2 Å². The maximum absolute atomic E-state index is 11.0. The topological polar surface area (TPSA) is 29.5 Å². The zero-order valence-electron chi connectivity index (χ0n) is 8.96. The van der Waals surface area contributed by atoms with Gasteiger partial charge in [-0.25, -0.2) is 4.79 Å². The van der Waals surface area contributed by atoms with E-state index >= 15 is 0 Å². The average molecular weight is 185 g/mol. The normalized spacial score (nSPS) is 18.3. The number of carbonyl (C=O) groups excluding carboxylic acids is 1. The summed E-state index contributed by atoms with van der Waals surface area (Å²) in [6, 6.07) is 0. The van der Waals surface area contributed by atoms with E-state index in [1.807, 2.05) is 0 Å². The fourth-order valence-electron chi connectivity index (χ4n) is 1.84. The van der Waals surface area contributed by atoms with Crippen LogP contribution in [-0.2, 0) is 4.74 Å². The highest BCUT2D eigenvalue weighted by atomic mass is 16.5. The van der Waals surface area contributed by atoms with Crippen LogP contribution in [0.5, 0.6) is 0 Å². The van der Waals surface area contributed by atoms with E-state index in [-0.39, 0.29) is 6.09 Å². The van der Waals surface area contributed by atoms with Gasteiger partial charge in [-0.05, 0) is 17.8 Å². The number of methoxy groups -OCH3 is 1. The summed E-state index contributed by atoms with van der Waals surface area (Å²) in [5, 5.41) is 0. The van der Waals surface area contributed by atoms with E-state index in [1.54, 1.807) is 4.90 Å². The Morgan fingerprint density at radius 1 is 1.46 bits per heavy atom. The van der Waals surface area contributed by atoms with Crippen LogP contribution in [0.3, 0.4) is 0 Å². The van der Waals surface area contributed by atoms with Crippen molar-refractivity contribution in [3.63, 3.8) is 0 Å². The lowest BCUT2D eigenvalue weighted by Gasteiger charge is -2.40. The van der Waals surface area contributed by atoms with E-state index in [4.69, 9.17) is 0 Å². The number of carbonyl (C=O) groups is 1. The molecule has 3 nitrogen and oxygen atoms in total. The Kier molecular flexibility index (Phi) is 2.84. The summed E-state index contributed by atoms with van der Waals surface area (Å²) in [5.74, 6) is 0.666. The van der Waals surface area contributed by atoms with Gasteiger partial charge in [-0.15, -0.1) is 0 Å². The summed E-state index contributed by atoms with van der Waals surface area (Å²) in [7, 11) is 1.43. The molecule has 1 fully saturated rings. The third-order valence-corrected chi connectivity index (χ3v) is 2.29. The van der Waals surface area contributed by atoms with Gasteiger partial charge >= 0.3 is 6.09 Å². The lowest BCUT2D eigenvalue weighted by Crippen LogP contribution is -2.50. The minimum Gasteiger partial charge on any atom is -0.453 e. The number of hydrogen-bond acceptors (Lipinski definition) is 2. The van der Waals surface area contributed by atoms with Crippen molar-refractivity contribution in [2.45, 2.75) is 27.2 Å². The van der Waals surface area contributed by atoms with Crippen molar-refractivity contribution >= 4 is 6.09 Å². The van der Waals surface area contributed by atoms with Crippen molar-refractivity contribution in [3.05, 3.63) is 0 Å². The first-order chi connectivity index (χ1) is 5.92. The zero-order chi connectivity index (χ0) is 10.1. The summed E-state index contributed by atoms with van der Waals surface area (Å²) in [6.07, 6.45) is 0.991. The molecular weight excluding hydrogens is 166 g/mol. The number of amides is 1. The van der Waals surface area contributed by atoms with Gasteiger partial charge in [0.25, 0.3) is 0 Å². The minimum atomic E-state index is -0.190. The number of ether oxygens (including phenoxy) is 1. The van der Waals surface area contributed by atoms with E-state index in [0.717, 1.165) is 13.1 Å². The lowest BCUT2D eigenvalue weighted by atomic mass is 9.81. The predicted octanol–water partition coefficient (Wildman–Crippen LogP) is 2.12. The predicted molar refractivity (Wildman–Crippen MR) is 51.5 cm³/mol. The summed E-state index contributed by atoms with van der Waals surface area (Å²) < 4.78 is 4.62. The fraction of sp³-hybridized carbons (Fsp3) is 0.900. The van der Waals surface area contributed by atoms with E-state index in [2.05, 4.69) is 25.5 Å². The van der Waals surface area contributed by atoms with Gasteiger partial charge in [-0.2, -0.15) is 0 Å². The molecule has 1 amide bonds.